The van der Waals surface area contributed by atoms with Crippen molar-refractivity contribution in [3.63, 3.8) is 0 Å². The summed E-state index contributed by atoms with van der Waals surface area (Å²) in [7, 11) is 0. The fourth-order valence-electron chi connectivity index (χ4n) is 5.76. The van der Waals surface area contributed by atoms with Gasteiger partial charge in [-0.05, 0) is 77.0 Å². The highest BCUT2D eigenvalue weighted by molar-refractivity contribution is 6.12. The number of imide groups is 1. The summed E-state index contributed by atoms with van der Waals surface area (Å²) in [4.78, 5) is 98.8. The number of nitrogens with two attached hydrogens (primary N) is 1. The summed E-state index contributed by atoms with van der Waals surface area (Å²) >= 11 is 0. The lowest BCUT2D eigenvalue weighted by molar-refractivity contribution is -0.161. The summed E-state index contributed by atoms with van der Waals surface area (Å²) in [6, 6.07) is 3.84. The molecule has 20 nitrogen and oxygen atoms in total. The molecule has 0 spiro atoms. The SMILES string of the molecule is CC(=O)OCC(C)(C)OCC(C)(C)OCCOCCNC(=O)OCc1ccc(NC(=O)[C@H](CCCNC(N)=O)NC(=O)[C@@H](NC(=O)CCCCCN2C(=O)C=CC2=O)C(C)C)cc1. The zero-order valence-electron chi connectivity index (χ0n) is 37.6. The average Bonchev–Trinajstić information content (AvgIpc) is 3.54. The zero-order chi connectivity index (χ0) is 47.0. The molecule has 0 bridgehead atoms. The van der Waals surface area contributed by atoms with E-state index < -0.39 is 47.2 Å². The molecule has 1 aliphatic heterocycles. The number of anilines is 1. The van der Waals surface area contributed by atoms with E-state index >= 15 is 0 Å². The minimum atomic E-state index is -1.04. The van der Waals surface area contributed by atoms with E-state index in [0.29, 0.717) is 43.5 Å². The molecule has 1 heterocycles. The fraction of sp³-hybridized carbons (Fsp3) is 0.628. The highest BCUT2D eigenvalue weighted by atomic mass is 16.6. The monoisotopic (exact) mass is 889 g/mol. The Kier molecular flexibility index (Phi) is 23.3. The Morgan fingerprint density at radius 2 is 1.41 bits per heavy atom. The van der Waals surface area contributed by atoms with Gasteiger partial charge in [0.1, 0.15) is 25.3 Å². The van der Waals surface area contributed by atoms with Gasteiger partial charge in [0.05, 0.1) is 37.6 Å². The molecular formula is C43H67N7O13. The number of urea groups is 1. The number of amides is 8. The van der Waals surface area contributed by atoms with E-state index in [4.69, 9.17) is 29.4 Å². The van der Waals surface area contributed by atoms with E-state index in [1.54, 1.807) is 38.1 Å². The van der Waals surface area contributed by atoms with Crippen LogP contribution in [0.3, 0.4) is 0 Å². The quantitative estimate of drug-likeness (QED) is 0.0369. The van der Waals surface area contributed by atoms with Gasteiger partial charge in [-0.3, -0.25) is 33.7 Å². The second-order valence-electron chi connectivity index (χ2n) is 16.5. The molecule has 0 fully saturated rings. The summed E-state index contributed by atoms with van der Waals surface area (Å²) in [5, 5.41) is 13.3. The lowest BCUT2D eigenvalue weighted by Gasteiger charge is -2.31. The number of ether oxygens (including phenoxy) is 5. The Balaban J connectivity index is 1.78. The van der Waals surface area contributed by atoms with Crippen LogP contribution in [-0.4, -0.2) is 128 Å². The van der Waals surface area contributed by atoms with Crippen LogP contribution in [-0.2, 0) is 59.1 Å². The van der Waals surface area contributed by atoms with Crippen molar-refractivity contribution in [2.24, 2.45) is 11.7 Å². The molecule has 1 aliphatic rings. The van der Waals surface area contributed by atoms with E-state index in [0.717, 1.165) is 4.90 Å². The number of hydrogen-bond donors (Lipinski definition) is 6. The number of alkyl carbamates (subject to hydrolysis) is 1. The van der Waals surface area contributed by atoms with Gasteiger partial charge < -0.3 is 56.0 Å². The molecule has 0 saturated carbocycles. The molecule has 2 atom stereocenters. The Morgan fingerprint density at radius 3 is 2.05 bits per heavy atom. The van der Waals surface area contributed by atoms with Gasteiger partial charge in [0.15, 0.2) is 0 Å². The molecule has 1 aromatic rings. The predicted octanol–water partition coefficient (Wildman–Crippen LogP) is 2.58. The molecule has 0 aromatic heterocycles. The second-order valence-corrected chi connectivity index (χ2v) is 16.5. The van der Waals surface area contributed by atoms with Crippen LogP contribution >= 0.6 is 0 Å². The Labute approximate surface area is 369 Å². The van der Waals surface area contributed by atoms with Gasteiger partial charge in [-0.15, -0.1) is 0 Å². The molecule has 0 saturated heterocycles. The van der Waals surface area contributed by atoms with Crippen LogP contribution in [0.1, 0.15) is 92.6 Å². The van der Waals surface area contributed by atoms with Crippen molar-refractivity contribution in [1.29, 1.82) is 0 Å². The third-order valence-electron chi connectivity index (χ3n) is 9.31. The van der Waals surface area contributed by atoms with Crippen LogP contribution in [0.15, 0.2) is 36.4 Å². The summed E-state index contributed by atoms with van der Waals surface area (Å²) in [5.74, 6) is -2.87. The van der Waals surface area contributed by atoms with Gasteiger partial charge in [0.25, 0.3) is 11.8 Å². The number of esters is 1. The van der Waals surface area contributed by atoms with Crippen LogP contribution in [0.5, 0.6) is 0 Å². The maximum atomic E-state index is 13.5. The van der Waals surface area contributed by atoms with Crippen LogP contribution in [0.4, 0.5) is 15.3 Å². The largest absolute Gasteiger partial charge is 0.463 e. The molecule has 0 unspecified atom stereocenters. The van der Waals surface area contributed by atoms with Crippen molar-refractivity contribution in [2.45, 2.75) is 117 Å². The number of carbonyl (C=O) groups is 8. The van der Waals surface area contributed by atoms with Crippen LogP contribution in [0.2, 0.25) is 0 Å². The predicted molar refractivity (Wildman–Crippen MR) is 231 cm³/mol. The van der Waals surface area contributed by atoms with Gasteiger partial charge in [-0.25, -0.2) is 9.59 Å². The normalized spacial score (nSPS) is 13.6. The second kappa shape index (κ2) is 27.5. The minimum Gasteiger partial charge on any atom is -0.463 e. The fourth-order valence-corrected chi connectivity index (χ4v) is 5.76. The molecule has 1 aromatic carbocycles. The van der Waals surface area contributed by atoms with E-state index in [-0.39, 0.29) is 95.1 Å². The number of nitrogens with one attached hydrogen (secondary N) is 5. The van der Waals surface area contributed by atoms with Crippen molar-refractivity contribution in [3.8, 4) is 0 Å². The topological polar surface area (TPSA) is 272 Å². The van der Waals surface area contributed by atoms with Gasteiger partial charge in [-0.2, -0.15) is 0 Å². The van der Waals surface area contributed by atoms with Crippen molar-refractivity contribution in [1.82, 2.24) is 26.2 Å². The third-order valence-corrected chi connectivity index (χ3v) is 9.31. The van der Waals surface area contributed by atoms with Crippen molar-refractivity contribution in [2.75, 3.05) is 58.0 Å². The highest BCUT2D eigenvalue weighted by Crippen LogP contribution is 2.17. The first-order valence-electron chi connectivity index (χ1n) is 21.1. The Bertz CT molecular complexity index is 1700. The first-order chi connectivity index (χ1) is 29.7. The first kappa shape index (κ1) is 53.5. The zero-order valence-corrected chi connectivity index (χ0v) is 37.6. The summed E-state index contributed by atoms with van der Waals surface area (Å²) in [6.07, 6.45) is 3.96. The maximum Gasteiger partial charge on any atom is 0.407 e. The van der Waals surface area contributed by atoms with E-state index in [2.05, 4.69) is 26.6 Å². The molecule has 8 amide bonds. The molecule has 20 heteroatoms. The van der Waals surface area contributed by atoms with Gasteiger partial charge in [0, 0.05) is 50.8 Å². The van der Waals surface area contributed by atoms with Crippen molar-refractivity contribution < 1.29 is 62.0 Å². The minimum absolute atomic E-state index is 0.0458. The average molecular weight is 890 g/mol. The summed E-state index contributed by atoms with van der Waals surface area (Å²) in [6.45, 7) is 14.0. The molecule has 63 heavy (non-hydrogen) atoms. The van der Waals surface area contributed by atoms with E-state index in [1.165, 1.54) is 19.1 Å². The number of rotatable bonds is 30. The Morgan fingerprint density at radius 1 is 0.746 bits per heavy atom. The molecule has 0 radical (unpaired) electrons. The summed E-state index contributed by atoms with van der Waals surface area (Å²) in [5.41, 5.74) is 4.94. The molecule has 0 aliphatic carbocycles. The lowest BCUT2D eigenvalue weighted by Crippen LogP contribution is -2.54. The number of primary amides is 1. The third kappa shape index (κ3) is 22.9. The van der Waals surface area contributed by atoms with Crippen molar-refractivity contribution >= 4 is 53.3 Å². The van der Waals surface area contributed by atoms with Gasteiger partial charge in [0.2, 0.25) is 17.7 Å². The van der Waals surface area contributed by atoms with E-state index in [9.17, 15) is 38.4 Å². The Hall–Kier alpha value is -5.60. The van der Waals surface area contributed by atoms with E-state index in [1.807, 2.05) is 27.7 Å². The van der Waals surface area contributed by atoms with Crippen LogP contribution in [0.25, 0.3) is 0 Å². The first-order valence-corrected chi connectivity index (χ1v) is 21.1. The molecule has 2 rings (SSSR count). The number of nitrogens with zero attached hydrogens (tertiary/aromatic N) is 1. The molecule has 352 valence electrons. The molecular weight excluding hydrogens is 823 g/mol. The maximum absolute atomic E-state index is 13.5. The standard InChI is InChI=1S/C43H67N7O13/c1-29(2)37(49-34(52)13-9-8-10-22-50-35(53)18-19-36(50)54)39(56)48-33(12-11-20-45-40(44)57)38(55)47-32-16-14-31(15-17-32)26-60-41(58)46-21-23-59-24-25-62-43(6,7)28-63-42(4,5)27-61-30(3)51/h14-19,29,33,37H,8-13,20-28H2,1-7H3,(H,46,58)(H,47,55)(H,48,56)(H,49,52)(H3,44,45,57)/t33-,37-/m0/s1. The molecule has 7 N–H and O–H groups in total. The summed E-state index contributed by atoms with van der Waals surface area (Å²) < 4.78 is 27.6. The van der Waals surface area contributed by atoms with Gasteiger partial charge >= 0.3 is 18.1 Å². The lowest BCUT2D eigenvalue weighted by atomic mass is 10.0. The van der Waals surface area contributed by atoms with Crippen LogP contribution in [0, 0.1) is 5.92 Å². The highest BCUT2D eigenvalue weighted by Gasteiger charge is 2.30. The van der Waals surface area contributed by atoms with Gasteiger partial charge in [-0.1, -0.05) is 32.4 Å². The number of benzene rings is 1. The van der Waals surface area contributed by atoms with Crippen LogP contribution < -0.4 is 32.3 Å². The van der Waals surface area contributed by atoms with Crippen molar-refractivity contribution in [3.05, 3.63) is 42.0 Å². The smallest absolute Gasteiger partial charge is 0.407 e. The number of unbranched alkanes of at least 4 members (excludes halogenated alkanes) is 2. The number of hydrogen-bond acceptors (Lipinski definition) is 13. The number of carbonyl (C=O) groups excluding carboxylic acids is 8.